The molecular formula is C16H15FINO2. The van der Waals surface area contributed by atoms with Crippen molar-refractivity contribution in [2.24, 2.45) is 0 Å². The topological polar surface area (TPSA) is 38.3 Å². The normalized spacial score (nSPS) is 12.0. The number of amides is 1. The first-order valence-corrected chi connectivity index (χ1v) is 7.50. The van der Waals surface area contributed by atoms with E-state index in [0.717, 1.165) is 9.13 Å². The van der Waals surface area contributed by atoms with Gasteiger partial charge in [0.15, 0.2) is 0 Å². The molecular weight excluding hydrogens is 384 g/mol. The van der Waals surface area contributed by atoms with Gasteiger partial charge in [0, 0.05) is 17.2 Å². The minimum absolute atomic E-state index is 0.149. The monoisotopic (exact) mass is 399 g/mol. The molecule has 0 aliphatic heterocycles. The molecule has 21 heavy (non-hydrogen) atoms. The first kappa shape index (κ1) is 15.9. The molecule has 0 spiro atoms. The Labute approximate surface area is 136 Å². The van der Waals surface area contributed by atoms with E-state index in [4.69, 9.17) is 4.74 Å². The molecule has 2 aromatic rings. The second-order valence-electron chi connectivity index (χ2n) is 4.47. The maximum Gasteiger partial charge on any atom is 0.252 e. The third-order valence-electron chi connectivity index (χ3n) is 3.09. The van der Waals surface area contributed by atoms with E-state index in [1.54, 1.807) is 25.3 Å². The molecule has 0 aromatic heterocycles. The Balaban J connectivity index is 2.02. The van der Waals surface area contributed by atoms with Crippen LogP contribution in [0.5, 0.6) is 0 Å². The lowest BCUT2D eigenvalue weighted by Crippen LogP contribution is -2.29. The number of hydrogen-bond acceptors (Lipinski definition) is 2. The van der Waals surface area contributed by atoms with Crippen molar-refractivity contribution in [3.05, 3.63) is 69.0 Å². The molecule has 2 rings (SSSR count). The van der Waals surface area contributed by atoms with E-state index < -0.39 is 0 Å². The predicted molar refractivity (Wildman–Crippen MR) is 87.6 cm³/mol. The van der Waals surface area contributed by atoms with Gasteiger partial charge in [-0.15, -0.1) is 0 Å². The lowest BCUT2D eigenvalue weighted by atomic mass is 10.1. The highest BCUT2D eigenvalue weighted by Crippen LogP contribution is 2.17. The number of carbonyl (C=O) groups is 1. The molecule has 0 saturated heterocycles. The third kappa shape index (κ3) is 4.25. The summed E-state index contributed by atoms with van der Waals surface area (Å²) in [7, 11) is 1.56. The fourth-order valence-electron chi connectivity index (χ4n) is 1.94. The molecule has 3 nitrogen and oxygen atoms in total. The summed E-state index contributed by atoms with van der Waals surface area (Å²) in [5, 5.41) is 2.84. The summed E-state index contributed by atoms with van der Waals surface area (Å²) in [6.07, 6.45) is -0.309. The van der Waals surface area contributed by atoms with Gasteiger partial charge in [0.25, 0.3) is 5.91 Å². The molecule has 0 bridgehead atoms. The van der Waals surface area contributed by atoms with E-state index in [1.807, 2.05) is 18.2 Å². The summed E-state index contributed by atoms with van der Waals surface area (Å²) in [5.74, 6) is -0.444. The number of nitrogens with one attached hydrogen (secondary N) is 1. The number of benzene rings is 2. The summed E-state index contributed by atoms with van der Waals surface area (Å²) in [4.78, 5) is 12.1. The van der Waals surface area contributed by atoms with Crippen molar-refractivity contribution in [3.8, 4) is 0 Å². The number of ether oxygens (including phenoxy) is 1. The number of halogens is 2. The van der Waals surface area contributed by atoms with E-state index in [-0.39, 0.29) is 17.8 Å². The maximum atomic E-state index is 12.9. The molecule has 0 saturated carbocycles. The van der Waals surface area contributed by atoms with E-state index >= 15 is 0 Å². The SMILES string of the molecule is CO[C@@H](CNC(=O)c1ccccc1I)c1ccc(F)cc1. The average Bonchev–Trinajstić information content (AvgIpc) is 2.49. The number of rotatable bonds is 5. The number of methoxy groups -OCH3 is 1. The van der Waals surface area contributed by atoms with Crippen LogP contribution in [-0.2, 0) is 4.74 Å². The van der Waals surface area contributed by atoms with E-state index in [0.29, 0.717) is 12.1 Å². The Kier molecular flexibility index (Phi) is 5.69. The van der Waals surface area contributed by atoms with Gasteiger partial charge in [-0.3, -0.25) is 4.79 Å². The van der Waals surface area contributed by atoms with Crippen LogP contribution in [0.15, 0.2) is 48.5 Å². The minimum Gasteiger partial charge on any atom is -0.375 e. The smallest absolute Gasteiger partial charge is 0.252 e. The van der Waals surface area contributed by atoms with Crippen LogP contribution < -0.4 is 5.32 Å². The summed E-state index contributed by atoms with van der Waals surface area (Å²) >= 11 is 2.12. The molecule has 1 N–H and O–H groups in total. The van der Waals surface area contributed by atoms with Crippen molar-refractivity contribution in [2.45, 2.75) is 6.10 Å². The lowest BCUT2D eigenvalue weighted by molar-refractivity contribution is 0.0827. The third-order valence-corrected chi connectivity index (χ3v) is 4.03. The fourth-order valence-corrected chi connectivity index (χ4v) is 2.57. The van der Waals surface area contributed by atoms with Gasteiger partial charge >= 0.3 is 0 Å². The number of carbonyl (C=O) groups excluding carboxylic acids is 1. The molecule has 0 unspecified atom stereocenters. The van der Waals surface area contributed by atoms with E-state index in [1.165, 1.54) is 12.1 Å². The standard InChI is InChI=1S/C16H15FINO2/c1-21-15(11-6-8-12(17)9-7-11)10-19-16(20)13-4-2-3-5-14(13)18/h2-9,15H,10H2,1H3,(H,19,20)/t15-/m0/s1. The van der Waals surface area contributed by atoms with Gasteiger partial charge in [0.1, 0.15) is 5.82 Å². The zero-order valence-corrected chi connectivity index (χ0v) is 13.6. The van der Waals surface area contributed by atoms with Crippen molar-refractivity contribution in [3.63, 3.8) is 0 Å². The van der Waals surface area contributed by atoms with Crippen LogP contribution >= 0.6 is 22.6 Å². The van der Waals surface area contributed by atoms with Crippen molar-refractivity contribution in [2.75, 3.05) is 13.7 Å². The molecule has 1 atom stereocenters. The van der Waals surface area contributed by atoms with Gasteiger partial charge in [-0.2, -0.15) is 0 Å². The highest BCUT2D eigenvalue weighted by atomic mass is 127. The Morgan fingerprint density at radius 3 is 2.52 bits per heavy atom. The number of hydrogen-bond donors (Lipinski definition) is 1. The largest absolute Gasteiger partial charge is 0.375 e. The zero-order chi connectivity index (χ0) is 15.2. The quantitative estimate of drug-likeness (QED) is 0.782. The molecule has 110 valence electrons. The minimum atomic E-state index is -0.309. The Bertz CT molecular complexity index is 616. The summed E-state index contributed by atoms with van der Waals surface area (Å²) in [6.45, 7) is 0.325. The van der Waals surface area contributed by atoms with E-state index in [2.05, 4.69) is 27.9 Å². The summed E-state index contributed by atoms with van der Waals surface area (Å²) in [6, 6.07) is 13.4. The molecule has 0 fully saturated rings. The Hall–Kier alpha value is -1.47. The highest BCUT2D eigenvalue weighted by Gasteiger charge is 2.14. The van der Waals surface area contributed by atoms with Crippen molar-refractivity contribution in [1.82, 2.24) is 5.32 Å². The molecule has 5 heteroatoms. The van der Waals surface area contributed by atoms with Crippen molar-refractivity contribution in [1.29, 1.82) is 0 Å². The first-order valence-electron chi connectivity index (χ1n) is 6.43. The predicted octanol–water partition coefficient (Wildman–Crippen LogP) is 3.55. The maximum absolute atomic E-state index is 12.9. The highest BCUT2D eigenvalue weighted by molar-refractivity contribution is 14.1. The molecule has 2 aromatic carbocycles. The molecule has 0 aliphatic rings. The summed E-state index contributed by atoms with van der Waals surface area (Å²) < 4.78 is 19.2. The van der Waals surface area contributed by atoms with Gasteiger partial charge in [0.2, 0.25) is 0 Å². The Morgan fingerprint density at radius 2 is 1.90 bits per heavy atom. The summed E-state index contributed by atoms with van der Waals surface area (Å²) in [5.41, 5.74) is 1.45. The molecule has 1 amide bonds. The van der Waals surface area contributed by atoms with Crippen LogP contribution in [0.3, 0.4) is 0 Å². The second-order valence-corrected chi connectivity index (χ2v) is 5.63. The molecule has 0 aliphatic carbocycles. The molecule has 0 heterocycles. The van der Waals surface area contributed by atoms with Crippen LogP contribution in [0.4, 0.5) is 4.39 Å². The molecule has 0 radical (unpaired) electrons. The second kappa shape index (κ2) is 7.51. The van der Waals surface area contributed by atoms with Crippen LogP contribution in [0.1, 0.15) is 22.0 Å². The van der Waals surface area contributed by atoms with Crippen molar-refractivity contribution >= 4 is 28.5 Å². The lowest BCUT2D eigenvalue weighted by Gasteiger charge is -2.17. The van der Waals surface area contributed by atoms with Gasteiger partial charge in [-0.25, -0.2) is 4.39 Å². The van der Waals surface area contributed by atoms with Crippen molar-refractivity contribution < 1.29 is 13.9 Å². The van der Waals surface area contributed by atoms with Crippen LogP contribution in [0, 0.1) is 9.39 Å². The van der Waals surface area contributed by atoms with Crippen LogP contribution in [0.2, 0.25) is 0 Å². The Morgan fingerprint density at radius 1 is 1.24 bits per heavy atom. The fraction of sp³-hybridized carbons (Fsp3) is 0.188. The van der Waals surface area contributed by atoms with E-state index in [9.17, 15) is 9.18 Å². The van der Waals surface area contributed by atoms with Crippen LogP contribution in [-0.4, -0.2) is 19.6 Å². The average molecular weight is 399 g/mol. The van der Waals surface area contributed by atoms with Gasteiger partial charge in [0.05, 0.1) is 11.7 Å². The van der Waals surface area contributed by atoms with Gasteiger partial charge in [-0.05, 0) is 52.4 Å². The van der Waals surface area contributed by atoms with Gasteiger partial charge in [-0.1, -0.05) is 24.3 Å². The first-order chi connectivity index (χ1) is 10.1. The van der Waals surface area contributed by atoms with Gasteiger partial charge < -0.3 is 10.1 Å². The zero-order valence-electron chi connectivity index (χ0n) is 11.5. The van der Waals surface area contributed by atoms with Crippen LogP contribution in [0.25, 0.3) is 0 Å².